The van der Waals surface area contributed by atoms with Crippen LogP contribution in [-0.4, -0.2) is 45.4 Å². The van der Waals surface area contributed by atoms with Crippen LogP contribution in [0.25, 0.3) is 0 Å². The largest absolute Gasteiger partial charge is 0.493 e. The summed E-state index contributed by atoms with van der Waals surface area (Å²) in [6.07, 6.45) is 1.06. The summed E-state index contributed by atoms with van der Waals surface area (Å²) in [4.78, 5) is 12.5. The topological polar surface area (TPSA) is 68.8 Å². The molecule has 0 aromatic heterocycles. The molecule has 6 nitrogen and oxygen atoms in total. The van der Waals surface area contributed by atoms with Gasteiger partial charge in [-0.1, -0.05) is 6.92 Å². The van der Waals surface area contributed by atoms with Crippen LogP contribution in [0.4, 0.5) is 0 Å². The Labute approximate surface area is 130 Å². The number of benzene rings is 1. The molecule has 1 fully saturated rings. The zero-order valence-electron chi connectivity index (χ0n) is 13.0. The van der Waals surface area contributed by atoms with Crippen molar-refractivity contribution in [3.05, 3.63) is 17.7 Å². The van der Waals surface area contributed by atoms with Crippen LogP contribution < -0.4 is 24.8 Å². The summed E-state index contributed by atoms with van der Waals surface area (Å²) in [5.74, 6) is 2.00. The van der Waals surface area contributed by atoms with Crippen LogP contribution in [0.1, 0.15) is 23.7 Å². The first-order valence-electron chi connectivity index (χ1n) is 7.68. The van der Waals surface area contributed by atoms with Gasteiger partial charge in [-0.2, -0.15) is 0 Å². The minimum atomic E-state index is -0.115. The average Bonchev–Trinajstić information content (AvgIpc) is 2.55. The van der Waals surface area contributed by atoms with Gasteiger partial charge in [-0.05, 0) is 31.0 Å². The van der Waals surface area contributed by atoms with Crippen molar-refractivity contribution >= 4 is 5.91 Å². The second-order valence-corrected chi connectivity index (χ2v) is 5.75. The van der Waals surface area contributed by atoms with E-state index in [1.54, 1.807) is 19.2 Å². The number of piperidine rings is 1. The average molecular weight is 306 g/mol. The quantitative estimate of drug-likeness (QED) is 0.878. The SMILES string of the molecule is COc1cc(C(=O)NC2CNCCC2C)cc2c1OCCO2. The van der Waals surface area contributed by atoms with Gasteiger partial charge >= 0.3 is 0 Å². The lowest BCUT2D eigenvalue weighted by molar-refractivity contribution is 0.0913. The highest BCUT2D eigenvalue weighted by Crippen LogP contribution is 2.40. The molecular weight excluding hydrogens is 284 g/mol. The zero-order chi connectivity index (χ0) is 15.5. The van der Waals surface area contributed by atoms with Gasteiger partial charge in [0.05, 0.1) is 7.11 Å². The number of rotatable bonds is 3. The Kier molecular flexibility index (Phi) is 4.38. The van der Waals surface area contributed by atoms with Crippen LogP contribution in [0.15, 0.2) is 12.1 Å². The molecule has 1 amide bonds. The lowest BCUT2D eigenvalue weighted by atomic mass is 9.94. The fourth-order valence-electron chi connectivity index (χ4n) is 2.84. The van der Waals surface area contributed by atoms with E-state index in [0.29, 0.717) is 41.9 Å². The number of carbonyl (C=O) groups is 1. The van der Waals surface area contributed by atoms with Gasteiger partial charge in [0.2, 0.25) is 5.75 Å². The van der Waals surface area contributed by atoms with Crippen LogP contribution in [0.3, 0.4) is 0 Å². The number of fused-ring (bicyclic) bond motifs is 1. The molecule has 0 aliphatic carbocycles. The molecule has 2 heterocycles. The molecule has 1 aromatic carbocycles. The van der Waals surface area contributed by atoms with Crippen molar-refractivity contribution in [1.82, 2.24) is 10.6 Å². The number of ether oxygens (including phenoxy) is 3. The van der Waals surface area contributed by atoms with E-state index in [1.165, 1.54) is 0 Å². The number of hydrogen-bond acceptors (Lipinski definition) is 5. The van der Waals surface area contributed by atoms with Crippen LogP contribution in [0, 0.1) is 5.92 Å². The van der Waals surface area contributed by atoms with E-state index in [-0.39, 0.29) is 11.9 Å². The predicted molar refractivity (Wildman–Crippen MR) is 81.9 cm³/mol. The van der Waals surface area contributed by atoms with E-state index in [2.05, 4.69) is 17.6 Å². The Balaban J connectivity index is 1.80. The van der Waals surface area contributed by atoms with Crippen molar-refractivity contribution in [3.63, 3.8) is 0 Å². The van der Waals surface area contributed by atoms with Gasteiger partial charge in [0, 0.05) is 18.2 Å². The lowest BCUT2D eigenvalue weighted by Crippen LogP contribution is -2.50. The predicted octanol–water partition coefficient (Wildman–Crippen LogP) is 1.19. The second-order valence-electron chi connectivity index (χ2n) is 5.75. The molecule has 0 saturated carbocycles. The molecule has 1 aromatic rings. The third-order valence-electron chi connectivity index (χ3n) is 4.23. The molecule has 2 aliphatic rings. The number of carbonyl (C=O) groups excluding carboxylic acids is 1. The summed E-state index contributed by atoms with van der Waals surface area (Å²) in [5, 5.41) is 6.40. The van der Waals surface area contributed by atoms with Crippen molar-refractivity contribution in [2.75, 3.05) is 33.4 Å². The molecular formula is C16H22N2O4. The summed E-state index contributed by atoms with van der Waals surface area (Å²) < 4.78 is 16.4. The molecule has 0 spiro atoms. The first-order valence-corrected chi connectivity index (χ1v) is 7.68. The maximum atomic E-state index is 12.5. The molecule has 0 bridgehead atoms. The van der Waals surface area contributed by atoms with Crippen molar-refractivity contribution in [2.24, 2.45) is 5.92 Å². The van der Waals surface area contributed by atoms with E-state index >= 15 is 0 Å². The van der Waals surface area contributed by atoms with Gasteiger partial charge in [-0.25, -0.2) is 0 Å². The smallest absolute Gasteiger partial charge is 0.251 e. The van der Waals surface area contributed by atoms with Crippen LogP contribution in [0.5, 0.6) is 17.2 Å². The summed E-state index contributed by atoms with van der Waals surface area (Å²) in [6.45, 7) is 4.93. The molecule has 2 unspecified atom stereocenters. The molecule has 0 radical (unpaired) electrons. The first kappa shape index (κ1) is 15.0. The Bertz CT molecular complexity index is 544. The first-order chi connectivity index (χ1) is 10.7. The third kappa shape index (κ3) is 2.97. The highest BCUT2D eigenvalue weighted by atomic mass is 16.6. The monoisotopic (exact) mass is 306 g/mol. The fourth-order valence-corrected chi connectivity index (χ4v) is 2.84. The molecule has 120 valence electrons. The standard InChI is InChI=1S/C16H22N2O4/c1-10-3-4-17-9-12(10)18-16(19)11-7-13(20-2)15-14(8-11)21-5-6-22-15/h7-8,10,12,17H,3-6,9H2,1-2H3,(H,18,19). The van der Waals surface area contributed by atoms with Crippen LogP contribution in [0.2, 0.25) is 0 Å². The third-order valence-corrected chi connectivity index (χ3v) is 4.23. The van der Waals surface area contributed by atoms with Crippen LogP contribution >= 0.6 is 0 Å². The van der Waals surface area contributed by atoms with Crippen molar-refractivity contribution in [3.8, 4) is 17.2 Å². The highest BCUT2D eigenvalue weighted by molar-refractivity contribution is 5.95. The molecule has 3 rings (SSSR count). The molecule has 22 heavy (non-hydrogen) atoms. The van der Waals surface area contributed by atoms with E-state index in [4.69, 9.17) is 14.2 Å². The Morgan fingerprint density at radius 2 is 2.18 bits per heavy atom. The van der Waals surface area contributed by atoms with E-state index in [9.17, 15) is 4.79 Å². The van der Waals surface area contributed by atoms with Gasteiger partial charge in [-0.15, -0.1) is 0 Å². The minimum absolute atomic E-state index is 0.115. The Morgan fingerprint density at radius 3 is 2.95 bits per heavy atom. The molecule has 2 atom stereocenters. The van der Waals surface area contributed by atoms with Gasteiger partial charge in [-0.3, -0.25) is 4.79 Å². The number of hydrogen-bond donors (Lipinski definition) is 2. The van der Waals surface area contributed by atoms with Crippen molar-refractivity contribution in [2.45, 2.75) is 19.4 Å². The number of methoxy groups -OCH3 is 1. The number of amides is 1. The second kappa shape index (κ2) is 6.44. The van der Waals surface area contributed by atoms with Crippen molar-refractivity contribution < 1.29 is 19.0 Å². The molecule has 1 saturated heterocycles. The van der Waals surface area contributed by atoms with E-state index in [0.717, 1.165) is 19.5 Å². The van der Waals surface area contributed by atoms with Gasteiger partial charge < -0.3 is 24.8 Å². The molecule has 2 N–H and O–H groups in total. The van der Waals surface area contributed by atoms with E-state index < -0.39 is 0 Å². The summed E-state index contributed by atoms with van der Waals surface area (Å²) in [5.41, 5.74) is 0.527. The van der Waals surface area contributed by atoms with Gasteiger partial charge in [0.25, 0.3) is 5.91 Å². The summed E-state index contributed by atoms with van der Waals surface area (Å²) in [6, 6.07) is 3.55. The maximum Gasteiger partial charge on any atom is 0.251 e. The Hall–Kier alpha value is -1.95. The minimum Gasteiger partial charge on any atom is -0.493 e. The Morgan fingerprint density at radius 1 is 1.36 bits per heavy atom. The van der Waals surface area contributed by atoms with Gasteiger partial charge in [0.1, 0.15) is 13.2 Å². The normalized spacial score (nSPS) is 23.7. The van der Waals surface area contributed by atoms with Crippen LogP contribution in [-0.2, 0) is 0 Å². The van der Waals surface area contributed by atoms with Crippen molar-refractivity contribution in [1.29, 1.82) is 0 Å². The molecule has 6 heteroatoms. The maximum absolute atomic E-state index is 12.5. The lowest BCUT2D eigenvalue weighted by Gasteiger charge is -2.30. The fraction of sp³-hybridized carbons (Fsp3) is 0.562. The zero-order valence-corrected chi connectivity index (χ0v) is 13.0. The van der Waals surface area contributed by atoms with E-state index in [1.807, 2.05) is 0 Å². The molecule has 2 aliphatic heterocycles. The van der Waals surface area contributed by atoms with Gasteiger partial charge in [0.15, 0.2) is 11.5 Å². The summed E-state index contributed by atoms with van der Waals surface area (Å²) in [7, 11) is 1.56. The summed E-state index contributed by atoms with van der Waals surface area (Å²) >= 11 is 0. The highest BCUT2D eigenvalue weighted by Gasteiger charge is 2.25. The number of nitrogens with one attached hydrogen (secondary N) is 2.